The fourth-order valence-corrected chi connectivity index (χ4v) is 4.82. The van der Waals surface area contributed by atoms with Crippen LogP contribution in [0.25, 0.3) is 11.1 Å². The van der Waals surface area contributed by atoms with Gasteiger partial charge in [0.1, 0.15) is 11.9 Å². The first kappa shape index (κ1) is 28.4. The molecule has 1 aliphatic rings. The molecule has 1 fully saturated rings. The van der Waals surface area contributed by atoms with Crippen molar-refractivity contribution in [2.45, 2.75) is 64.7 Å². The molecule has 1 heterocycles. The van der Waals surface area contributed by atoms with Gasteiger partial charge in [0, 0.05) is 0 Å². The second kappa shape index (κ2) is 10.2. The molecule has 0 unspecified atom stereocenters. The molecule has 4 rings (SSSR count). The van der Waals surface area contributed by atoms with Gasteiger partial charge in [-0.1, -0.05) is 37.6 Å². The van der Waals surface area contributed by atoms with Crippen LogP contribution in [-0.2, 0) is 23.6 Å². The Labute approximate surface area is 221 Å². The molecule has 208 valence electrons. The molecular formula is C29H26F7NO2. The van der Waals surface area contributed by atoms with Crippen molar-refractivity contribution in [3.05, 3.63) is 93.8 Å². The van der Waals surface area contributed by atoms with Crippen LogP contribution in [0.3, 0.4) is 0 Å². The number of alkyl halides is 6. The van der Waals surface area contributed by atoms with E-state index in [9.17, 15) is 35.5 Å². The minimum absolute atomic E-state index is 0.134. The lowest BCUT2D eigenvalue weighted by atomic mass is 9.92. The highest BCUT2D eigenvalue weighted by Gasteiger charge is 2.42. The number of amides is 1. The number of cyclic esters (lactones) is 1. The van der Waals surface area contributed by atoms with Crippen LogP contribution in [0.15, 0.2) is 54.6 Å². The largest absolute Gasteiger partial charge is 0.439 e. The monoisotopic (exact) mass is 553 g/mol. The van der Waals surface area contributed by atoms with E-state index in [2.05, 4.69) is 0 Å². The van der Waals surface area contributed by atoms with Gasteiger partial charge >= 0.3 is 18.4 Å². The zero-order valence-corrected chi connectivity index (χ0v) is 21.5. The Balaban J connectivity index is 1.74. The van der Waals surface area contributed by atoms with Crippen molar-refractivity contribution in [2.75, 3.05) is 0 Å². The maximum atomic E-state index is 14.3. The van der Waals surface area contributed by atoms with Gasteiger partial charge in [-0.2, -0.15) is 26.3 Å². The van der Waals surface area contributed by atoms with Gasteiger partial charge in [-0.25, -0.2) is 9.18 Å². The number of hydrogen-bond donors (Lipinski definition) is 0. The third-order valence-corrected chi connectivity index (χ3v) is 6.85. The van der Waals surface area contributed by atoms with E-state index in [0.717, 1.165) is 24.3 Å². The third-order valence-electron chi connectivity index (χ3n) is 6.85. The van der Waals surface area contributed by atoms with Crippen molar-refractivity contribution in [2.24, 2.45) is 0 Å². The number of nitrogens with zero attached hydrogens (tertiary/aromatic N) is 1. The maximum absolute atomic E-state index is 14.3. The first-order valence-corrected chi connectivity index (χ1v) is 12.2. The average Bonchev–Trinajstić information content (AvgIpc) is 3.11. The van der Waals surface area contributed by atoms with E-state index < -0.39 is 47.5 Å². The molecule has 3 nitrogen and oxygen atoms in total. The predicted octanol–water partition coefficient (Wildman–Crippen LogP) is 9.04. The summed E-state index contributed by atoms with van der Waals surface area (Å²) in [4.78, 5) is 14.1. The van der Waals surface area contributed by atoms with Crippen LogP contribution in [0.4, 0.5) is 35.5 Å². The molecule has 1 amide bonds. The molecular weight excluding hydrogens is 527 g/mol. The highest BCUT2D eigenvalue weighted by molar-refractivity contribution is 5.73. The summed E-state index contributed by atoms with van der Waals surface area (Å²) in [5.41, 5.74) is -0.0243. The molecule has 1 aliphatic heterocycles. The molecule has 0 saturated carbocycles. The zero-order valence-electron chi connectivity index (χ0n) is 21.5. The van der Waals surface area contributed by atoms with Gasteiger partial charge in [0.05, 0.1) is 23.7 Å². The Bertz CT molecular complexity index is 1400. The van der Waals surface area contributed by atoms with Crippen molar-refractivity contribution in [1.29, 1.82) is 0 Å². The fraction of sp³-hybridized carbons (Fsp3) is 0.345. The van der Waals surface area contributed by atoms with Crippen molar-refractivity contribution < 1.29 is 40.3 Å². The Morgan fingerprint density at radius 2 is 1.56 bits per heavy atom. The Morgan fingerprint density at radius 1 is 0.897 bits per heavy atom. The van der Waals surface area contributed by atoms with Crippen LogP contribution < -0.4 is 0 Å². The summed E-state index contributed by atoms with van der Waals surface area (Å²) in [5, 5.41) is 0. The number of aryl methyl sites for hydroxylation is 1. The minimum Gasteiger partial charge on any atom is -0.439 e. The van der Waals surface area contributed by atoms with Crippen LogP contribution >= 0.6 is 0 Å². The lowest BCUT2D eigenvalue weighted by molar-refractivity contribution is -0.138. The number of carbonyl (C=O) groups is 1. The van der Waals surface area contributed by atoms with Crippen LogP contribution in [0, 0.1) is 12.7 Å². The molecule has 0 N–H and O–H groups in total. The van der Waals surface area contributed by atoms with Gasteiger partial charge in [-0.3, -0.25) is 4.90 Å². The molecule has 0 spiro atoms. The quantitative estimate of drug-likeness (QED) is 0.295. The lowest BCUT2D eigenvalue weighted by Crippen LogP contribution is -2.31. The maximum Gasteiger partial charge on any atom is 0.416 e. The number of rotatable bonds is 5. The van der Waals surface area contributed by atoms with Crippen LogP contribution in [-0.4, -0.2) is 17.0 Å². The van der Waals surface area contributed by atoms with Crippen LogP contribution in [0.2, 0.25) is 0 Å². The number of carbonyl (C=O) groups excluding carboxylic acids is 1. The molecule has 0 aromatic heterocycles. The van der Waals surface area contributed by atoms with Crippen molar-refractivity contribution in [3.8, 4) is 11.1 Å². The van der Waals surface area contributed by atoms with Gasteiger partial charge in [0.15, 0.2) is 0 Å². The summed E-state index contributed by atoms with van der Waals surface area (Å²) >= 11 is 0. The molecule has 0 bridgehead atoms. The Hall–Kier alpha value is -3.56. The van der Waals surface area contributed by atoms with E-state index in [1.807, 2.05) is 0 Å². The molecule has 3 aromatic carbocycles. The van der Waals surface area contributed by atoms with Gasteiger partial charge in [-0.15, -0.1) is 0 Å². The van der Waals surface area contributed by atoms with Crippen molar-refractivity contribution >= 4 is 6.09 Å². The second-order valence-corrected chi connectivity index (χ2v) is 10.1. The Morgan fingerprint density at radius 3 is 2.18 bits per heavy atom. The summed E-state index contributed by atoms with van der Waals surface area (Å²) < 4.78 is 101. The van der Waals surface area contributed by atoms with Crippen molar-refractivity contribution in [1.82, 2.24) is 4.90 Å². The predicted molar refractivity (Wildman–Crippen MR) is 131 cm³/mol. The highest BCUT2D eigenvalue weighted by atomic mass is 19.4. The molecule has 39 heavy (non-hydrogen) atoms. The smallest absolute Gasteiger partial charge is 0.416 e. The van der Waals surface area contributed by atoms with E-state index in [1.165, 1.54) is 36.1 Å². The summed E-state index contributed by atoms with van der Waals surface area (Å²) in [6.07, 6.45) is -11.2. The van der Waals surface area contributed by atoms with E-state index in [4.69, 9.17) is 4.74 Å². The number of ether oxygens (including phenoxy) is 1. The van der Waals surface area contributed by atoms with Gasteiger partial charge < -0.3 is 4.74 Å². The number of hydrogen-bond acceptors (Lipinski definition) is 2. The van der Waals surface area contributed by atoms with E-state index in [0.29, 0.717) is 22.3 Å². The minimum atomic E-state index is -4.66. The van der Waals surface area contributed by atoms with Gasteiger partial charge in [-0.05, 0) is 84.0 Å². The Kier molecular flexibility index (Phi) is 7.44. The zero-order chi connectivity index (χ0) is 28.9. The van der Waals surface area contributed by atoms with E-state index in [-0.39, 0.29) is 23.6 Å². The van der Waals surface area contributed by atoms with Crippen LogP contribution in [0.1, 0.15) is 66.2 Å². The highest BCUT2D eigenvalue weighted by Crippen LogP contribution is 2.40. The van der Waals surface area contributed by atoms with Crippen LogP contribution in [0.5, 0.6) is 0 Å². The first-order valence-electron chi connectivity index (χ1n) is 12.2. The normalized spacial score (nSPS) is 18.2. The third kappa shape index (κ3) is 5.89. The summed E-state index contributed by atoms with van der Waals surface area (Å²) in [7, 11) is 0. The molecule has 2 atom stereocenters. The number of halogens is 7. The van der Waals surface area contributed by atoms with Gasteiger partial charge in [0.25, 0.3) is 0 Å². The second-order valence-electron chi connectivity index (χ2n) is 10.1. The van der Waals surface area contributed by atoms with Crippen molar-refractivity contribution in [3.63, 3.8) is 0 Å². The number of benzene rings is 3. The summed E-state index contributed by atoms with van der Waals surface area (Å²) in [6, 6.07) is 9.95. The SMILES string of the molecule is Cc1cc([C@H]2OC(=O)N(Cc3cc(C(F)(F)F)ccc3-c3ccc(F)c(C(C)C)c3)[C@H]2C)cc(C(F)(F)F)c1. The van der Waals surface area contributed by atoms with Gasteiger partial charge in [0.2, 0.25) is 0 Å². The van der Waals surface area contributed by atoms with E-state index >= 15 is 0 Å². The molecule has 1 saturated heterocycles. The summed E-state index contributed by atoms with van der Waals surface area (Å²) in [6.45, 7) is 6.32. The first-order chi connectivity index (χ1) is 18.1. The summed E-state index contributed by atoms with van der Waals surface area (Å²) in [5.74, 6) is -0.633. The molecule has 0 aliphatic carbocycles. The molecule has 10 heteroatoms. The standard InChI is InChI=1S/C29H26F7NO2/c1-15(2)24-13-18(5-8-25(24)30)23-7-6-21(28(31,32)33)12-20(23)14-37-17(4)26(39-27(37)38)19-9-16(3)10-22(11-19)29(34,35)36/h5-13,15,17,26H,14H2,1-4H3/t17-,26-/m0/s1. The average molecular weight is 554 g/mol. The fourth-order valence-electron chi connectivity index (χ4n) is 4.82. The van der Waals surface area contributed by atoms with E-state index in [1.54, 1.807) is 26.8 Å². The molecule has 3 aromatic rings. The topological polar surface area (TPSA) is 29.5 Å². The lowest BCUT2D eigenvalue weighted by Gasteiger charge is -2.24. The molecule has 0 radical (unpaired) electrons.